The number of carbonyl (C=O) groups is 1. The van der Waals surface area contributed by atoms with Gasteiger partial charge in [0.2, 0.25) is 17.6 Å². The summed E-state index contributed by atoms with van der Waals surface area (Å²) in [6, 6.07) is 5.82. The molecule has 0 saturated heterocycles. The third kappa shape index (κ3) is 5.14. The zero-order chi connectivity index (χ0) is 16.9. The second-order valence-corrected chi connectivity index (χ2v) is 5.96. The second-order valence-electron chi connectivity index (χ2n) is 5.96. The molecule has 0 unspecified atom stereocenters. The van der Waals surface area contributed by atoms with Crippen LogP contribution in [0.1, 0.15) is 32.6 Å². The lowest BCUT2D eigenvalue weighted by atomic mass is 10.1. The van der Waals surface area contributed by atoms with Gasteiger partial charge in [0, 0.05) is 18.4 Å². The van der Waals surface area contributed by atoms with Crippen LogP contribution in [0.15, 0.2) is 28.8 Å². The molecule has 1 amide bonds. The Bertz CT molecular complexity index is 653. The van der Waals surface area contributed by atoms with Gasteiger partial charge in [-0.3, -0.25) is 4.79 Å². The normalized spacial score (nSPS) is 11.5. The Labute approximate surface area is 133 Å². The van der Waals surface area contributed by atoms with Gasteiger partial charge < -0.3 is 14.9 Å². The molecule has 0 aliphatic rings. The summed E-state index contributed by atoms with van der Waals surface area (Å²) < 4.78 is 18.0. The van der Waals surface area contributed by atoms with Gasteiger partial charge in [-0.1, -0.05) is 5.16 Å². The molecule has 0 radical (unpaired) electrons. The van der Waals surface area contributed by atoms with Crippen molar-refractivity contribution in [3.8, 4) is 11.4 Å². The standard InChI is InChI=1S/C16H20FN3O3/c1-16(2,10-21)19-13(22)4-3-5-14-18-15(20-23-14)11-6-8-12(17)9-7-11/h6-9,21H,3-5,10H2,1-2H3,(H,19,22). The van der Waals surface area contributed by atoms with Gasteiger partial charge in [0.25, 0.3) is 0 Å². The number of carbonyl (C=O) groups excluding carboxylic acids is 1. The summed E-state index contributed by atoms with van der Waals surface area (Å²) in [4.78, 5) is 16.0. The van der Waals surface area contributed by atoms with Crippen LogP contribution in [-0.2, 0) is 11.2 Å². The number of amides is 1. The highest BCUT2D eigenvalue weighted by Gasteiger charge is 2.18. The van der Waals surface area contributed by atoms with E-state index in [2.05, 4.69) is 15.5 Å². The van der Waals surface area contributed by atoms with E-state index >= 15 is 0 Å². The van der Waals surface area contributed by atoms with E-state index in [-0.39, 0.29) is 18.3 Å². The number of aliphatic hydroxyl groups excluding tert-OH is 1. The van der Waals surface area contributed by atoms with Crippen molar-refractivity contribution >= 4 is 5.91 Å². The molecule has 6 nitrogen and oxygen atoms in total. The molecule has 1 aromatic carbocycles. The van der Waals surface area contributed by atoms with Gasteiger partial charge in [-0.2, -0.15) is 4.98 Å². The third-order valence-electron chi connectivity index (χ3n) is 3.24. The largest absolute Gasteiger partial charge is 0.394 e. The molecule has 0 aliphatic heterocycles. The maximum absolute atomic E-state index is 12.9. The summed E-state index contributed by atoms with van der Waals surface area (Å²) in [6.07, 6.45) is 1.33. The molecule has 0 aliphatic carbocycles. The third-order valence-corrected chi connectivity index (χ3v) is 3.24. The predicted molar refractivity (Wildman–Crippen MR) is 81.9 cm³/mol. The van der Waals surface area contributed by atoms with Crippen LogP contribution >= 0.6 is 0 Å². The molecule has 0 fully saturated rings. The van der Waals surface area contributed by atoms with Crippen LogP contribution in [-0.4, -0.2) is 33.3 Å². The summed E-state index contributed by atoms with van der Waals surface area (Å²) in [5.41, 5.74) is 0.0426. The maximum atomic E-state index is 12.9. The zero-order valence-electron chi connectivity index (χ0n) is 13.2. The van der Waals surface area contributed by atoms with Crippen LogP contribution in [0.25, 0.3) is 11.4 Å². The van der Waals surface area contributed by atoms with E-state index in [9.17, 15) is 9.18 Å². The zero-order valence-corrected chi connectivity index (χ0v) is 13.2. The summed E-state index contributed by atoms with van der Waals surface area (Å²) in [6.45, 7) is 3.37. The van der Waals surface area contributed by atoms with Crippen LogP contribution < -0.4 is 5.32 Å². The van der Waals surface area contributed by atoms with Gasteiger partial charge in [-0.15, -0.1) is 0 Å². The van der Waals surface area contributed by atoms with Crippen molar-refractivity contribution in [1.29, 1.82) is 0 Å². The van der Waals surface area contributed by atoms with E-state index in [1.54, 1.807) is 26.0 Å². The number of hydrogen-bond donors (Lipinski definition) is 2. The summed E-state index contributed by atoms with van der Waals surface area (Å²) in [5.74, 6) is 0.362. The lowest BCUT2D eigenvalue weighted by molar-refractivity contribution is -0.123. The van der Waals surface area contributed by atoms with Crippen LogP contribution in [0.2, 0.25) is 0 Å². The Hall–Kier alpha value is -2.28. The minimum Gasteiger partial charge on any atom is -0.394 e. The molecular formula is C16H20FN3O3. The Morgan fingerprint density at radius 2 is 2.04 bits per heavy atom. The summed E-state index contributed by atoms with van der Waals surface area (Å²) >= 11 is 0. The molecule has 2 N–H and O–H groups in total. The predicted octanol–water partition coefficient (Wildman–Crippen LogP) is 2.09. The average molecular weight is 321 g/mol. The summed E-state index contributed by atoms with van der Waals surface area (Å²) in [7, 11) is 0. The van der Waals surface area contributed by atoms with Gasteiger partial charge in [-0.05, 0) is 44.5 Å². The monoisotopic (exact) mass is 321 g/mol. The lowest BCUT2D eigenvalue weighted by Gasteiger charge is -2.23. The molecule has 0 bridgehead atoms. The van der Waals surface area contributed by atoms with Gasteiger partial charge in [0.1, 0.15) is 5.82 Å². The quantitative estimate of drug-likeness (QED) is 0.815. The fourth-order valence-electron chi connectivity index (χ4n) is 1.95. The Kier molecular flexibility index (Phi) is 5.44. The number of aryl methyl sites for hydroxylation is 1. The molecule has 7 heteroatoms. The number of benzene rings is 1. The molecular weight excluding hydrogens is 301 g/mol. The number of halogens is 1. The lowest BCUT2D eigenvalue weighted by Crippen LogP contribution is -2.46. The van der Waals surface area contributed by atoms with E-state index < -0.39 is 5.54 Å². The first-order valence-electron chi connectivity index (χ1n) is 7.40. The smallest absolute Gasteiger partial charge is 0.226 e. The highest BCUT2D eigenvalue weighted by molar-refractivity contribution is 5.76. The average Bonchev–Trinajstić information content (AvgIpc) is 2.96. The highest BCUT2D eigenvalue weighted by Crippen LogP contribution is 2.16. The van der Waals surface area contributed by atoms with Crippen molar-refractivity contribution < 1.29 is 18.8 Å². The highest BCUT2D eigenvalue weighted by atomic mass is 19.1. The number of rotatable bonds is 7. The summed E-state index contributed by atoms with van der Waals surface area (Å²) in [5, 5.41) is 15.7. The molecule has 0 atom stereocenters. The van der Waals surface area contributed by atoms with Gasteiger partial charge in [0.05, 0.1) is 12.1 Å². The second kappa shape index (κ2) is 7.32. The number of nitrogens with one attached hydrogen (secondary N) is 1. The van der Waals surface area contributed by atoms with Crippen molar-refractivity contribution in [3.63, 3.8) is 0 Å². The van der Waals surface area contributed by atoms with E-state index in [0.29, 0.717) is 36.5 Å². The van der Waals surface area contributed by atoms with E-state index in [1.807, 2.05) is 0 Å². The van der Waals surface area contributed by atoms with Gasteiger partial charge in [-0.25, -0.2) is 4.39 Å². The van der Waals surface area contributed by atoms with E-state index in [1.165, 1.54) is 12.1 Å². The number of aliphatic hydroxyl groups is 1. The minimum absolute atomic E-state index is 0.122. The number of aromatic nitrogens is 2. The molecule has 23 heavy (non-hydrogen) atoms. The van der Waals surface area contributed by atoms with Crippen molar-refractivity contribution in [1.82, 2.24) is 15.5 Å². The van der Waals surface area contributed by atoms with E-state index in [0.717, 1.165) is 0 Å². The molecule has 2 aromatic rings. The first kappa shape index (κ1) is 17.1. The molecule has 0 saturated carbocycles. The SMILES string of the molecule is CC(C)(CO)NC(=O)CCCc1nc(-c2ccc(F)cc2)no1. The first-order valence-corrected chi connectivity index (χ1v) is 7.40. The number of nitrogens with zero attached hydrogens (tertiary/aromatic N) is 2. The topological polar surface area (TPSA) is 88.2 Å². The molecule has 0 spiro atoms. The molecule has 1 heterocycles. The van der Waals surface area contributed by atoms with Crippen molar-refractivity contribution in [2.24, 2.45) is 0 Å². The van der Waals surface area contributed by atoms with Crippen molar-refractivity contribution in [3.05, 3.63) is 36.0 Å². The van der Waals surface area contributed by atoms with Crippen LogP contribution in [0.3, 0.4) is 0 Å². The van der Waals surface area contributed by atoms with Crippen molar-refractivity contribution in [2.45, 2.75) is 38.6 Å². The maximum Gasteiger partial charge on any atom is 0.226 e. The molecule has 1 aromatic heterocycles. The van der Waals surface area contributed by atoms with Gasteiger partial charge in [0.15, 0.2) is 0 Å². The molecule has 124 valence electrons. The Morgan fingerprint density at radius 1 is 1.35 bits per heavy atom. The van der Waals surface area contributed by atoms with Crippen LogP contribution in [0.4, 0.5) is 4.39 Å². The Morgan fingerprint density at radius 3 is 2.70 bits per heavy atom. The first-order chi connectivity index (χ1) is 10.9. The van der Waals surface area contributed by atoms with Crippen LogP contribution in [0.5, 0.6) is 0 Å². The molecule has 2 rings (SSSR count). The van der Waals surface area contributed by atoms with Crippen LogP contribution in [0, 0.1) is 5.82 Å². The van der Waals surface area contributed by atoms with E-state index in [4.69, 9.17) is 9.63 Å². The minimum atomic E-state index is -0.628. The van der Waals surface area contributed by atoms with Crippen molar-refractivity contribution in [2.75, 3.05) is 6.61 Å². The van der Waals surface area contributed by atoms with Gasteiger partial charge >= 0.3 is 0 Å². The fraction of sp³-hybridized carbons (Fsp3) is 0.438. The number of hydrogen-bond acceptors (Lipinski definition) is 5. The fourth-order valence-corrected chi connectivity index (χ4v) is 1.95. The Balaban J connectivity index is 1.83.